The highest BCUT2D eigenvalue weighted by Crippen LogP contribution is 2.57. The molecule has 1 N–H and O–H groups in total. The van der Waals surface area contributed by atoms with Gasteiger partial charge in [-0.3, -0.25) is 9.59 Å². The van der Waals surface area contributed by atoms with Crippen molar-refractivity contribution in [2.24, 2.45) is 46.3 Å². The molecule has 3 saturated carbocycles. The van der Waals surface area contributed by atoms with Crippen LogP contribution in [0.4, 0.5) is 0 Å². The van der Waals surface area contributed by atoms with Gasteiger partial charge < -0.3 is 5.11 Å². The average Bonchev–Trinajstić information content (AvgIpc) is 3.05. The van der Waals surface area contributed by atoms with Crippen molar-refractivity contribution in [2.45, 2.75) is 118 Å². The number of hydrogen-bond donors (Lipinski definition) is 1. The van der Waals surface area contributed by atoms with Crippen molar-refractivity contribution in [1.29, 1.82) is 0 Å². The molecule has 8 atom stereocenters. The van der Waals surface area contributed by atoms with E-state index in [9.17, 15) is 14.7 Å². The summed E-state index contributed by atoms with van der Waals surface area (Å²) in [6.07, 6.45) is 9.62. The molecule has 0 bridgehead atoms. The lowest BCUT2D eigenvalue weighted by Gasteiger charge is -2.52. The van der Waals surface area contributed by atoms with Crippen LogP contribution in [-0.2, 0) is 9.59 Å². The van der Waals surface area contributed by atoms with Gasteiger partial charge in [-0.1, -0.05) is 61.0 Å². The molecule has 0 aromatic carbocycles. The van der Waals surface area contributed by atoms with Crippen molar-refractivity contribution in [1.82, 2.24) is 0 Å². The number of carbonyl (C=O) groups is 2. The van der Waals surface area contributed by atoms with Crippen LogP contribution >= 0.6 is 0 Å². The lowest BCUT2D eigenvalue weighted by atomic mass is 9.52. The van der Waals surface area contributed by atoms with Gasteiger partial charge in [0, 0.05) is 24.2 Å². The Labute approximate surface area is 203 Å². The van der Waals surface area contributed by atoms with E-state index in [1.165, 1.54) is 19.3 Å². The highest BCUT2D eigenvalue weighted by Gasteiger charge is 2.53. The first kappa shape index (κ1) is 26.6. The number of ketones is 2. The molecule has 3 heteroatoms. The largest absolute Gasteiger partial charge is 0.389 e. The van der Waals surface area contributed by atoms with Gasteiger partial charge in [0.2, 0.25) is 0 Å². The Morgan fingerprint density at radius 3 is 2.39 bits per heavy atom. The first-order valence-corrected chi connectivity index (χ1v) is 13.9. The monoisotopic (exact) mass is 458 g/mol. The number of aliphatic hydroxyl groups excluding tert-OH is 1. The van der Waals surface area contributed by atoms with Crippen molar-refractivity contribution in [3.05, 3.63) is 12.2 Å². The van der Waals surface area contributed by atoms with Crippen LogP contribution in [0.1, 0.15) is 112 Å². The molecule has 0 saturated heterocycles. The molecule has 33 heavy (non-hydrogen) atoms. The number of aliphatic hydroxyl groups is 1. The van der Waals surface area contributed by atoms with Gasteiger partial charge in [-0.25, -0.2) is 0 Å². The van der Waals surface area contributed by atoms with Crippen LogP contribution in [0.5, 0.6) is 0 Å². The zero-order chi connectivity index (χ0) is 24.6. The molecule has 0 aromatic heterocycles. The fourth-order valence-electron chi connectivity index (χ4n) is 8.18. The van der Waals surface area contributed by atoms with E-state index in [4.69, 9.17) is 0 Å². The van der Waals surface area contributed by atoms with Gasteiger partial charge >= 0.3 is 0 Å². The predicted molar refractivity (Wildman–Crippen MR) is 136 cm³/mol. The van der Waals surface area contributed by atoms with Crippen molar-refractivity contribution in [2.75, 3.05) is 0 Å². The molecule has 0 spiro atoms. The summed E-state index contributed by atoms with van der Waals surface area (Å²) in [5.74, 6) is 3.48. The molecular formula is C30H50O3. The molecule has 3 rings (SSSR count). The average molecular weight is 459 g/mol. The van der Waals surface area contributed by atoms with E-state index < -0.39 is 6.10 Å². The Balaban J connectivity index is 1.71. The molecule has 0 heterocycles. The maximum atomic E-state index is 13.2. The van der Waals surface area contributed by atoms with Crippen LogP contribution < -0.4 is 0 Å². The van der Waals surface area contributed by atoms with Crippen molar-refractivity contribution < 1.29 is 14.7 Å². The van der Waals surface area contributed by atoms with Gasteiger partial charge in [0.1, 0.15) is 11.6 Å². The van der Waals surface area contributed by atoms with Crippen molar-refractivity contribution >= 4 is 11.6 Å². The fraction of sp³-hybridized carbons (Fsp3) is 0.867. The number of carbonyl (C=O) groups excluding carboxylic acids is 2. The summed E-state index contributed by atoms with van der Waals surface area (Å²) in [4.78, 5) is 26.3. The fourth-order valence-corrected chi connectivity index (χ4v) is 8.18. The van der Waals surface area contributed by atoms with E-state index in [-0.39, 0.29) is 22.7 Å². The minimum absolute atomic E-state index is 0.00732. The topological polar surface area (TPSA) is 54.4 Å². The highest BCUT2D eigenvalue weighted by molar-refractivity contribution is 5.87. The molecule has 188 valence electrons. The summed E-state index contributed by atoms with van der Waals surface area (Å²) in [6, 6.07) is 0. The molecule has 0 aromatic rings. The third-order valence-electron chi connectivity index (χ3n) is 10.7. The van der Waals surface area contributed by atoms with Crippen LogP contribution in [0.25, 0.3) is 0 Å². The SMILES string of the molecule is C=C1C(O)CCC2(C)C1CCC(=O)C2CCC1(C)C(=O)CCC1C(C)CCC(CC)C(C)C. The van der Waals surface area contributed by atoms with E-state index in [1.807, 2.05) is 0 Å². The molecule has 0 radical (unpaired) electrons. The zero-order valence-electron chi connectivity index (χ0n) is 22.3. The number of rotatable bonds is 9. The second kappa shape index (κ2) is 10.3. The van der Waals surface area contributed by atoms with Gasteiger partial charge in [0.25, 0.3) is 0 Å². The van der Waals surface area contributed by atoms with E-state index in [1.54, 1.807) is 0 Å². The molecule has 3 aliphatic rings. The molecule has 3 nitrogen and oxygen atoms in total. The molecular weight excluding hydrogens is 408 g/mol. The van der Waals surface area contributed by atoms with Gasteiger partial charge in [-0.15, -0.1) is 0 Å². The van der Waals surface area contributed by atoms with Crippen LogP contribution in [0.3, 0.4) is 0 Å². The first-order valence-electron chi connectivity index (χ1n) is 13.9. The number of Topliss-reactive ketones (excluding diaryl/α,β-unsaturated/α-hetero) is 2. The van der Waals surface area contributed by atoms with Crippen molar-refractivity contribution in [3.8, 4) is 0 Å². The third kappa shape index (κ3) is 5.04. The second-order valence-corrected chi connectivity index (χ2v) is 12.7. The van der Waals surface area contributed by atoms with Gasteiger partial charge in [0.05, 0.1) is 6.10 Å². The number of fused-ring (bicyclic) bond motifs is 1. The summed E-state index contributed by atoms with van der Waals surface area (Å²) in [6.45, 7) is 18.0. The standard InChI is InChI=1S/C30H50O3/c1-8-22(19(2)3)10-9-20(4)23-12-14-28(33)30(23,7)17-15-25-27(32)13-11-24-21(5)26(31)16-18-29(24,25)6/h19-20,22-26,31H,5,8-18H2,1-4,6-7H3. The maximum Gasteiger partial charge on any atom is 0.139 e. The molecule has 0 amide bonds. The Hall–Kier alpha value is -0.960. The Morgan fingerprint density at radius 1 is 1.06 bits per heavy atom. The number of hydrogen-bond acceptors (Lipinski definition) is 3. The van der Waals surface area contributed by atoms with E-state index in [0.717, 1.165) is 43.6 Å². The Kier molecular flexibility index (Phi) is 8.35. The van der Waals surface area contributed by atoms with Gasteiger partial charge in [0.15, 0.2) is 0 Å². The summed E-state index contributed by atoms with van der Waals surface area (Å²) >= 11 is 0. The van der Waals surface area contributed by atoms with Crippen LogP contribution in [0.2, 0.25) is 0 Å². The predicted octanol–water partition coefficient (Wildman–Crippen LogP) is 7.16. The van der Waals surface area contributed by atoms with Gasteiger partial charge in [-0.05, 0) is 85.5 Å². The lowest BCUT2D eigenvalue weighted by Crippen LogP contribution is -2.49. The lowest BCUT2D eigenvalue weighted by molar-refractivity contribution is -0.137. The molecule has 0 aliphatic heterocycles. The van der Waals surface area contributed by atoms with E-state index in [0.29, 0.717) is 48.6 Å². The second-order valence-electron chi connectivity index (χ2n) is 12.7. The van der Waals surface area contributed by atoms with E-state index in [2.05, 4.69) is 48.1 Å². The minimum Gasteiger partial charge on any atom is -0.389 e. The van der Waals surface area contributed by atoms with Gasteiger partial charge in [-0.2, -0.15) is 0 Å². The summed E-state index contributed by atoms with van der Waals surface area (Å²) in [5, 5.41) is 10.4. The quantitative estimate of drug-likeness (QED) is 0.373. The normalized spacial score (nSPS) is 39.1. The van der Waals surface area contributed by atoms with Crippen LogP contribution in [-0.4, -0.2) is 22.8 Å². The molecule has 8 unspecified atom stereocenters. The van der Waals surface area contributed by atoms with Crippen LogP contribution in [0, 0.1) is 46.3 Å². The summed E-state index contributed by atoms with van der Waals surface area (Å²) in [7, 11) is 0. The smallest absolute Gasteiger partial charge is 0.139 e. The van der Waals surface area contributed by atoms with Crippen LogP contribution in [0.15, 0.2) is 12.2 Å². The first-order chi connectivity index (χ1) is 15.5. The zero-order valence-corrected chi connectivity index (χ0v) is 22.3. The minimum atomic E-state index is -0.422. The van der Waals surface area contributed by atoms with Crippen molar-refractivity contribution in [3.63, 3.8) is 0 Å². The summed E-state index contributed by atoms with van der Waals surface area (Å²) in [5.41, 5.74) is 0.524. The van der Waals surface area contributed by atoms with E-state index >= 15 is 0 Å². The third-order valence-corrected chi connectivity index (χ3v) is 10.7. The Morgan fingerprint density at radius 2 is 1.76 bits per heavy atom. The molecule has 3 fully saturated rings. The molecule has 3 aliphatic carbocycles. The highest BCUT2D eigenvalue weighted by atomic mass is 16.3. The Bertz CT molecular complexity index is 739. The maximum absolute atomic E-state index is 13.2. The summed E-state index contributed by atoms with van der Waals surface area (Å²) < 4.78 is 0.